The van der Waals surface area contributed by atoms with Crippen LogP contribution in [0, 0.1) is 36.0 Å². The smallest absolute Gasteiger partial charge is 0.307 e. The summed E-state index contributed by atoms with van der Waals surface area (Å²) in [5.41, 5.74) is 0. The van der Waals surface area contributed by atoms with Crippen LogP contribution in [0.25, 0.3) is 0 Å². The molecule has 0 spiro atoms. The van der Waals surface area contributed by atoms with Gasteiger partial charge in [0.05, 0.1) is 17.6 Å². The molecule has 0 saturated heterocycles. The molecule has 0 aromatic rings. The van der Waals surface area contributed by atoms with Crippen LogP contribution in [0.5, 0.6) is 0 Å². The number of carboxylic acids is 1. The van der Waals surface area contributed by atoms with Gasteiger partial charge in [0, 0.05) is 12.3 Å². The molecule has 4 unspecified atom stereocenters. The van der Waals surface area contributed by atoms with Gasteiger partial charge in [0.15, 0.2) is 0 Å². The first-order valence-corrected chi connectivity index (χ1v) is 7.50. The Balaban J connectivity index is 1.86. The number of hydrogen-bond donors (Lipinski definition) is 2. The second-order valence-corrected chi connectivity index (χ2v) is 5.99. The summed E-state index contributed by atoms with van der Waals surface area (Å²) < 4.78 is 0. The number of amides is 1. The maximum absolute atomic E-state index is 12.1. The van der Waals surface area contributed by atoms with Gasteiger partial charge in [0.2, 0.25) is 5.91 Å². The molecule has 4 atom stereocenters. The van der Waals surface area contributed by atoms with Gasteiger partial charge in [-0.2, -0.15) is 0 Å². The summed E-state index contributed by atoms with van der Waals surface area (Å²) in [6.45, 7) is 0.537. The van der Waals surface area contributed by atoms with Gasteiger partial charge < -0.3 is 10.4 Å². The summed E-state index contributed by atoms with van der Waals surface area (Å²) in [6, 6.07) is 0. The van der Waals surface area contributed by atoms with Crippen LogP contribution < -0.4 is 5.32 Å². The van der Waals surface area contributed by atoms with Crippen molar-refractivity contribution in [2.45, 2.75) is 6.42 Å². The van der Waals surface area contributed by atoms with Crippen molar-refractivity contribution in [3.8, 4) is 12.3 Å². The van der Waals surface area contributed by atoms with Crippen LogP contribution in [-0.2, 0) is 9.59 Å². The molecule has 0 radical (unpaired) electrons. The number of hydrogen-bond acceptors (Lipinski definition) is 3. The van der Waals surface area contributed by atoms with Crippen molar-refractivity contribution in [1.29, 1.82) is 0 Å². The fourth-order valence-electron chi connectivity index (χ4n) is 3.01. The predicted octanol–water partition coefficient (Wildman–Crippen LogP) is 0.992. The maximum atomic E-state index is 12.1. The number of carboxylic acid groups (broad SMARTS) is 1. The minimum atomic E-state index is -0.862. The van der Waals surface area contributed by atoms with Crippen LogP contribution >= 0.6 is 11.8 Å². The zero-order valence-electron chi connectivity index (χ0n) is 10.5. The lowest BCUT2D eigenvalue weighted by atomic mass is 9.82. The highest BCUT2D eigenvalue weighted by molar-refractivity contribution is 7.99. The molecule has 19 heavy (non-hydrogen) atoms. The van der Waals surface area contributed by atoms with E-state index in [1.165, 1.54) is 0 Å². The average molecular weight is 279 g/mol. The van der Waals surface area contributed by atoms with Gasteiger partial charge in [0.25, 0.3) is 0 Å². The van der Waals surface area contributed by atoms with E-state index in [-0.39, 0.29) is 17.7 Å². The highest BCUT2D eigenvalue weighted by Crippen LogP contribution is 2.48. The SMILES string of the molecule is C#CCSCCNC(=O)C1C2C=CC(C2)C1C(=O)O. The molecular weight excluding hydrogens is 262 g/mol. The van der Waals surface area contributed by atoms with Crippen LogP contribution in [0.4, 0.5) is 0 Å². The molecule has 2 aliphatic carbocycles. The molecular formula is C14H17NO3S. The average Bonchev–Trinajstić information content (AvgIpc) is 2.98. The van der Waals surface area contributed by atoms with E-state index < -0.39 is 17.8 Å². The van der Waals surface area contributed by atoms with Crippen molar-refractivity contribution >= 4 is 23.6 Å². The number of carbonyl (C=O) groups excluding carboxylic acids is 1. The lowest BCUT2D eigenvalue weighted by Crippen LogP contribution is -2.40. The quantitative estimate of drug-likeness (QED) is 0.432. The van der Waals surface area contributed by atoms with E-state index in [1.54, 1.807) is 11.8 Å². The van der Waals surface area contributed by atoms with E-state index >= 15 is 0 Å². The molecule has 0 heterocycles. The van der Waals surface area contributed by atoms with E-state index in [0.29, 0.717) is 12.3 Å². The van der Waals surface area contributed by atoms with Crippen LogP contribution in [0.15, 0.2) is 12.2 Å². The van der Waals surface area contributed by atoms with Crippen molar-refractivity contribution < 1.29 is 14.7 Å². The lowest BCUT2D eigenvalue weighted by molar-refractivity contribution is -0.147. The van der Waals surface area contributed by atoms with Crippen molar-refractivity contribution in [3.63, 3.8) is 0 Å². The second-order valence-electron chi connectivity index (χ2n) is 4.89. The first-order chi connectivity index (χ1) is 9.15. The molecule has 2 rings (SSSR count). The number of nitrogens with one attached hydrogen (secondary N) is 1. The fourth-order valence-corrected chi connectivity index (χ4v) is 3.52. The zero-order chi connectivity index (χ0) is 13.8. The van der Waals surface area contributed by atoms with E-state index in [9.17, 15) is 14.7 Å². The highest BCUT2D eigenvalue weighted by Gasteiger charge is 2.51. The van der Waals surface area contributed by atoms with E-state index in [1.807, 2.05) is 12.2 Å². The molecule has 2 N–H and O–H groups in total. The van der Waals surface area contributed by atoms with Crippen molar-refractivity contribution in [1.82, 2.24) is 5.32 Å². The van der Waals surface area contributed by atoms with Crippen molar-refractivity contribution in [3.05, 3.63) is 12.2 Å². The first kappa shape index (κ1) is 14.0. The minimum Gasteiger partial charge on any atom is -0.481 e. The highest BCUT2D eigenvalue weighted by atomic mass is 32.2. The van der Waals surface area contributed by atoms with Gasteiger partial charge in [-0.05, 0) is 18.3 Å². The molecule has 1 amide bonds. The molecule has 0 aromatic carbocycles. The normalized spacial score (nSPS) is 31.1. The summed E-state index contributed by atoms with van der Waals surface area (Å²) in [5, 5.41) is 12.1. The molecule has 1 fully saturated rings. The summed E-state index contributed by atoms with van der Waals surface area (Å²) in [7, 11) is 0. The third-order valence-corrected chi connectivity index (χ3v) is 4.64. The third-order valence-electron chi connectivity index (χ3n) is 3.78. The Labute approximate surface area is 117 Å². The number of aliphatic carboxylic acids is 1. The van der Waals surface area contributed by atoms with Gasteiger partial charge in [-0.1, -0.05) is 18.1 Å². The summed E-state index contributed by atoms with van der Waals surface area (Å²) in [5.74, 6) is 2.04. The number of allylic oxidation sites excluding steroid dienone is 2. The van der Waals surface area contributed by atoms with Crippen LogP contribution in [-0.4, -0.2) is 35.0 Å². The topological polar surface area (TPSA) is 66.4 Å². The van der Waals surface area contributed by atoms with Gasteiger partial charge in [-0.25, -0.2) is 0 Å². The standard InChI is InChI=1S/C14H17NO3S/c1-2-6-19-7-5-15-13(16)11-9-3-4-10(8-9)12(11)14(17)18/h1,3-4,9-12H,5-8H2,(H,15,16)(H,17,18). The third kappa shape index (κ3) is 2.95. The Kier molecular flexibility index (Phi) is 4.54. The molecule has 5 heteroatoms. The predicted molar refractivity (Wildman–Crippen MR) is 74.5 cm³/mol. The largest absolute Gasteiger partial charge is 0.481 e. The minimum absolute atomic E-state index is 0.0223. The molecule has 2 aliphatic rings. The van der Waals surface area contributed by atoms with Crippen LogP contribution in [0.2, 0.25) is 0 Å². The molecule has 102 valence electrons. The van der Waals surface area contributed by atoms with Gasteiger partial charge in [-0.3, -0.25) is 9.59 Å². The number of fused-ring (bicyclic) bond motifs is 2. The summed E-state index contributed by atoms with van der Waals surface area (Å²) in [4.78, 5) is 23.4. The Hall–Kier alpha value is -1.41. The van der Waals surface area contributed by atoms with Crippen molar-refractivity contribution in [2.75, 3.05) is 18.1 Å². The summed E-state index contributed by atoms with van der Waals surface area (Å²) >= 11 is 1.58. The monoisotopic (exact) mass is 279 g/mol. The van der Waals surface area contributed by atoms with E-state index in [0.717, 1.165) is 12.2 Å². The van der Waals surface area contributed by atoms with Gasteiger partial charge in [0.1, 0.15) is 0 Å². The number of terminal acetylenes is 1. The lowest BCUT2D eigenvalue weighted by Gasteiger charge is -2.23. The number of rotatable bonds is 6. The zero-order valence-corrected chi connectivity index (χ0v) is 11.4. The van der Waals surface area contributed by atoms with Crippen LogP contribution in [0.3, 0.4) is 0 Å². The first-order valence-electron chi connectivity index (χ1n) is 6.35. The molecule has 1 saturated carbocycles. The molecule has 2 bridgehead atoms. The van der Waals surface area contributed by atoms with E-state index in [2.05, 4.69) is 11.2 Å². The van der Waals surface area contributed by atoms with Gasteiger partial charge >= 0.3 is 5.97 Å². The van der Waals surface area contributed by atoms with Crippen LogP contribution in [0.1, 0.15) is 6.42 Å². The molecule has 4 nitrogen and oxygen atoms in total. The number of carbonyl (C=O) groups is 2. The Morgan fingerprint density at radius 1 is 1.37 bits per heavy atom. The Morgan fingerprint density at radius 3 is 2.68 bits per heavy atom. The van der Waals surface area contributed by atoms with Gasteiger partial charge in [-0.15, -0.1) is 18.2 Å². The maximum Gasteiger partial charge on any atom is 0.307 e. The molecule has 0 aromatic heterocycles. The summed E-state index contributed by atoms with van der Waals surface area (Å²) in [6.07, 6.45) is 9.85. The van der Waals surface area contributed by atoms with E-state index in [4.69, 9.17) is 6.42 Å². The Morgan fingerprint density at radius 2 is 2.05 bits per heavy atom. The Bertz CT molecular complexity index is 440. The van der Waals surface area contributed by atoms with Crippen molar-refractivity contribution in [2.24, 2.45) is 23.7 Å². The molecule has 0 aliphatic heterocycles. The second kappa shape index (κ2) is 6.16. The fraction of sp³-hybridized carbons (Fsp3) is 0.571. The number of thioether (sulfide) groups is 1.